The van der Waals surface area contributed by atoms with E-state index in [0.29, 0.717) is 22.2 Å². The van der Waals surface area contributed by atoms with Crippen LogP contribution in [0.15, 0.2) is 50.5 Å². The first kappa shape index (κ1) is 21.2. The van der Waals surface area contributed by atoms with Crippen molar-refractivity contribution >= 4 is 37.6 Å². The van der Waals surface area contributed by atoms with E-state index < -0.39 is 35.5 Å². The zero-order chi connectivity index (χ0) is 20.9. The maximum Gasteiger partial charge on any atom is 0.435 e. The molecule has 150 valence electrons. The topological polar surface area (TPSA) is 21.6 Å². The van der Waals surface area contributed by atoms with Gasteiger partial charge in [-0.1, -0.05) is 49.1 Å². The third-order valence-electron chi connectivity index (χ3n) is 4.38. The van der Waals surface area contributed by atoms with Crippen molar-refractivity contribution in [1.82, 2.24) is 0 Å². The molecule has 0 saturated heterocycles. The van der Waals surface area contributed by atoms with Gasteiger partial charge in [0.2, 0.25) is 0 Å². The maximum atomic E-state index is 14.0. The van der Waals surface area contributed by atoms with Gasteiger partial charge in [-0.2, -0.15) is 26.3 Å². The summed E-state index contributed by atoms with van der Waals surface area (Å²) in [5, 5.41) is 3.57. The summed E-state index contributed by atoms with van der Waals surface area (Å²) in [6, 6.07) is 6.98. The van der Waals surface area contributed by atoms with Gasteiger partial charge >= 0.3 is 12.4 Å². The SMILES string of the molecule is Cc1ccc(C2=NOC(c3cc(Br)cc(C(F)(F)F)c3)(C(F)(F)F)C2)cc1Br. The summed E-state index contributed by atoms with van der Waals surface area (Å²) in [6.45, 7) is 1.81. The van der Waals surface area contributed by atoms with Gasteiger partial charge in [0.1, 0.15) is 0 Å². The summed E-state index contributed by atoms with van der Waals surface area (Å²) in [4.78, 5) is 4.81. The number of halogens is 8. The monoisotopic (exact) mass is 529 g/mol. The molecule has 0 amide bonds. The first-order valence-electron chi connectivity index (χ1n) is 7.80. The average Bonchev–Trinajstić information content (AvgIpc) is 3.02. The predicted molar refractivity (Wildman–Crippen MR) is 98.0 cm³/mol. The number of hydrogen-bond acceptors (Lipinski definition) is 2. The normalized spacial score (nSPS) is 20.1. The molecule has 1 unspecified atom stereocenters. The highest BCUT2D eigenvalue weighted by Crippen LogP contribution is 2.50. The van der Waals surface area contributed by atoms with Gasteiger partial charge in [-0.3, -0.25) is 0 Å². The van der Waals surface area contributed by atoms with E-state index in [2.05, 4.69) is 37.0 Å². The number of aryl methyl sites for hydroxylation is 1. The molecule has 0 N–H and O–H groups in total. The van der Waals surface area contributed by atoms with Gasteiger partial charge < -0.3 is 4.84 Å². The van der Waals surface area contributed by atoms with Crippen molar-refractivity contribution in [2.75, 3.05) is 0 Å². The fraction of sp³-hybridized carbons (Fsp3) is 0.278. The second kappa shape index (κ2) is 7.05. The maximum absolute atomic E-state index is 14.0. The number of rotatable bonds is 2. The highest BCUT2D eigenvalue weighted by atomic mass is 79.9. The lowest BCUT2D eigenvalue weighted by atomic mass is 9.85. The van der Waals surface area contributed by atoms with E-state index in [4.69, 9.17) is 4.84 Å². The van der Waals surface area contributed by atoms with Gasteiger partial charge in [0.25, 0.3) is 5.60 Å². The lowest BCUT2D eigenvalue weighted by Gasteiger charge is -2.30. The predicted octanol–water partition coefficient (Wildman–Crippen LogP) is 7.12. The zero-order valence-electron chi connectivity index (χ0n) is 14.1. The van der Waals surface area contributed by atoms with Gasteiger partial charge in [0.05, 0.1) is 11.3 Å². The molecular formula is C18H11Br2F6NO. The third kappa shape index (κ3) is 3.80. The zero-order valence-corrected chi connectivity index (χ0v) is 17.2. The van der Waals surface area contributed by atoms with Gasteiger partial charge in [-0.25, -0.2) is 0 Å². The molecule has 0 bridgehead atoms. The molecule has 1 atom stereocenters. The summed E-state index contributed by atoms with van der Waals surface area (Å²) in [5.41, 5.74) is -3.65. The van der Waals surface area contributed by atoms with E-state index in [-0.39, 0.29) is 10.2 Å². The lowest BCUT2D eigenvalue weighted by molar-refractivity contribution is -0.276. The molecule has 1 aliphatic heterocycles. The van der Waals surface area contributed by atoms with E-state index in [1.807, 2.05) is 0 Å². The molecular weight excluding hydrogens is 520 g/mol. The van der Waals surface area contributed by atoms with Crippen molar-refractivity contribution in [2.24, 2.45) is 5.16 Å². The Morgan fingerprint density at radius 1 is 1.00 bits per heavy atom. The Labute approximate surface area is 172 Å². The van der Waals surface area contributed by atoms with Crippen molar-refractivity contribution in [2.45, 2.75) is 31.3 Å². The molecule has 0 fully saturated rings. The van der Waals surface area contributed by atoms with E-state index in [1.165, 1.54) is 0 Å². The molecule has 28 heavy (non-hydrogen) atoms. The second-order valence-electron chi connectivity index (χ2n) is 6.32. The Morgan fingerprint density at radius 3 is 2.25 bits per heavy atom. The van der Waals surface area contributed by atoms with Gasteiger partial charge in [0, 0.05) is 26.5 Å². The van der Waals surface area contributed by atoms with Crippen LogP contribution in [0.1, 0.15) is 28.7 Å². The van der Waals surface area contributed by atoms with E-state index in [1.54, 1.807) is 25.1 Å². The minimum Gasteiger partial charge on any atom is -0.374 e. The van der Waals surface area contributed by atoms with Crippen molar-refractivity contribution in [1.29, 1.82) is 0 Å². The molecule has 3 rings (SSSR count). The Morgan fingerprint density at radius 2 is 1.68 bits per heavy atom. The van der Waals surface area contributed by atoms with Crippen LogP contribution in [0.5, 0.6) is 0 Å². The summed E-state index contributed by atoms with van der Waals surface area (Å²) >= 11 is 6.15. The van der Waals surface area contributed by atoms with Crippen LogP contribution < -0.4 is 0 Å². The molecule has 0 radical (unpaired) electrons. The Balaban J connectivity index is 2.08. The van der Waals surface area contributed by atoms with Crippen LogP contribution in [0.4, 0.5) is 26.3 Å². The molecule has 2 nitrogen and oxygen atoms in total. The van der Waals surface area contributed by atoms with E-state index in [0.717, 1.165) is 11.6 Å². The van der Waals surface area contributed by atoms with Crippen LogP contribution in [0.2, 0.25) is 0 Å². The Kier molecular flexibility index (Phi) is 5.33. The molecule has 10 heteroatoms. The quantitative estimate of drug-likeness (QED) is 0.379. The standard InChI is InChI=1S/C18H11Br2F6NO/c1-9-2-3-10(4-14(9)20)15-8-16(28-27-15,18(24,25)26)11-5-12(17(21,22)23)7-13(19)6-11/h2-7H,8H2,1H3. The van der Waals surface area contributed by atoms with Crippen LogP contribution in [0.3, 0.4) is 0 Å². The molecule has 0 aromatic heterocycles. The summed E-state index contributed by atoms with van der Waals surface area (Å²) < 4.78 is 81.8. The smallest absolute Gasteiger partial charge is 0.374 e. The van der Waals surface area contributed by atoms with Crippen molar-refractivity contribution in [3.05, 3.63) is 67.6 Å². The molecule has 1 heterocycles. The molecule has 2 aromatic rings. The van der Waals surface area contributed by atoms with E-state index >= 15 is 0 Å². The summed E-state index contributed by atoms with van der Waals surface area (Å²) in [5.74, 6) is 0. The Bertz CT molecular complexity index is 954. The lowest BCUT2D eigenvalue weighted by Crippen LogP contribution is -2.43. The summed E-state index contributed by atoms with van der Waals surface area (Å²) in [7, 11) is 0. The second-order valence-corrected chi connectivity index (χ2v) is 8.09. The number of hydrogen-bond donors (Lipinski definition) is 0. The van der Waals surface area contributed by atoms with Crippen LogP contribution >= 0.6 is 31.9 Å². The van der Waals surface area contributed by atoms with Crippen molar-refractivity contribution in [3.8, 4) is 0 Å². The van der Waals surface area contributed by atoms with Gasteiger partial charge in [-0.05, 0) is 36.8 Å². The minimum absolute atomic E-state index is 0.00782. The average molecular weight is 531 g/mol. The van der Waals surface area contributed by atoms with Crippen LogP contribution in [0.25, 0.3) is 0 Å². The Hall–Kier alpha value is -1.55. The van der Waals surface area contributed by atoms with Crippen molar-refractivity contribution < 1.29 is 31.2 Å². The first-order chi connectivity index (χ1) is 12.8. The molecule has 0 aliphatic carbocycles. The number of oxime groups is 1. The molecule has 1 aliphatic rings. The highest BCUT2D eigenvalue weighted by Gasteiger charge is 2.62. The van der Waals surface area contributed by atoms with E-state index in [9.17, 15) is 26.3 Å². The van der Waals surface area contributed by atoms with Gasteiger partial charge in [-0.15, -0.1) is 0 Å². The fourth-order valence-electron chi connectivity index (χ4n) is 2.82. The van der Waals surface area contributed by atoms with Crippen molar-refractivity contribution in [3.63, 3.8) is 0 Å². The molecule has 0 spiro atoms. The molecule has 2 aromatic carbocycles. The number of nitrogens with zero attached hydrogens (tertiary/aromatic N) is 1. The third-order valence-corrected chi connectivity index (χ3v) is 5.69. The number of alkyl halides is 6. The van der Waals surface area contributed by atoms with Crippen LogP contribution in [-0.2, 0) is 16.6 Å². The van der Waals surface area contributed by atoms with Crippen LogP contribution in [0, 0.1) is 6.92 Å². The highest BCUT2D eigenvalue weighted by molar-refractivity contribution is 9.10. The number of benzene rings is 2. The minimum atomic E-state index is -5.00. The fourth-order valence-corrected chi connectivity index (χ4v) is 3.69. The van der Waals surface area contributed by atoms with Gasteiger partial charge in [0.15, 0.2) is 0 Å². The van der Waals surface area contributed by atoms with Crippen LogP contribution in [-0.4, -0.2) is 11.9 Å². The molecule has 0 saturated carbocycles. The largest absolute Gasteiger partial charge is 0.435 e. The first-order valence-corrected chi connectivity index (χ1v) is 9.39. The summed E-state index contributed by atoms with van der Waals surface area (Å²) in [6.07, 6.45) is -10.6.